The number of likely N-dealkylation sites (tertiary alicyclic amines) is 2. The van der Waals surface area contributed by atoms with Crippen LogP contribution < -0.4 is 16.0 Å². The molecule has 1 spiro atoms. The van der Waals surface area contributed by atoms with Gasteiger partial charge in [0.15, 0.2) is 12.5 Å². The zero-order valence-electron chi connectivity index (χ0n) is 16.9. The second kappa shape index (κ2) is 8.31. The highest BCUT2D eigenvalue weighted by molar-refractivity contribution is 5.89. The van der Waals surface area contributed by atoms with Crippen LogP contribution in [0.15, 0.2) is 0 Å². The molecule has 0 aromatic rings. The molecule has 27 heavy (non-hydrogen) atoms. The van der Waals surface area contributed by atoms with Crippen molar-refractivity contribution < 1.29 is 9.53 Å². The van der Waals surface area contributed by atoms with Gasteiger partial charge in [-0.15, -0.1) is 0 Å². The van der Waals surface area contributed by atoms with Gasteiger partial charge in [0.25, 0.3) is 0 Å². The van der Waals surface area contributed by atoms with Crippen molar-refractivity contribution in [3.05, 3.63) is 0 Å². The number of hydrogen-bond donors (Lipinski definition) is 3. The molecular formula is C19H34N6O2. The number of nitriles is 1. The molecule has 3 saturated heterocycles. The Balaban J connectivity index is 1.61. The van der Waals surface area contributed by atoms with E-state index in [1.54, 1.807) is 0 Å². The maximum atomic E-state index is 12.7. The smallest absolute Gasteiger partial charge is 0.244 e. The lowest BCUT2D eigenvalue weighted by atomic mass is 9.89. The number of amides is 1. The first-order chi connectivity index (χ1) is 12.9. The highest BCUT2D eigenvalue weighted by atomic mass is 16.5. The van der Waals surface area contributed by atoms with Crippen LogP contribution in [0.5, 0.6) is 0 Å². The number of likely N-dealkylation sites (N-methyl/N-ethyl adjacent to an activating group) is 1. The maximum Gasteiger partial charge on any atom is 0.244 e. The van der Waals surface area contributed by atoms with Crippen molar-refractivity contribution in [1.82, 2.24) is 25.8 Å². The zero-order valence-corrected chi connectivity index (χ0v) is 16.9. The minimum absolute atomic E-state index is 0.0281. The predicted molar refractivity (Wildman–Crippen MR) is 103 cm³/mol. The molecule has 8 heteroatoms. The van der Waals surface area contributed by atoms with Crippen molar-refractivity contribution >= 4 is 5.91 Å². The number of rotatable bonds is 6. The van der Waals surface area contributed by atoms with Gasteiger partial charge in [0, 0.05) is 19.1 Å². The molecule has 0 radical (unpaired) electrons. The number of ether oxygens (including phenoxy) is 1. The summed E-state index contributed by atoms with van der Waals surface area (Å²) in [6.07, 6.45) is 5.37. The first-order valence-electron chi connectivity index (χ1n) is 10.2. The molecule has 3 atom stereocenters. The number of carbonyl (C=O) groups excluding carboxylic acids is 1. The molecule has 0 bridgehead atoms. The Hall–Kier alpha value is -1.40. The Morgan fingerprint density at radius 1 is 1.33 bits per heavy atom. The third kappa shape index (κ3) is 4.37. The van der Waals surface area contributed by atoms with Crippen LogP contribution in [0.25, 0.3) is 0 Å². The van der Waals surface area contributed by atoms with Crippen molar-refractivity contribution in [2.45, 2.75) is 69.9 Å². The number of carbonyl (C=O) groups is 1. The first kappa shape index (κ1) is 20.3. The molecule has 3 N–H and O–H groups in total. The van der Waals surface area contributed by atoms with E-state index in [1.807, 2.05) is 0 Å². The van der Waals surface area contributed by atoms with Gasteiger partial charge in [-0.3, -0.25) is 15.0 Å². The largest absolute Gasteiger partial charge is 0.343 e. The molecular weight excluding hydrogens is 344 g/mol. The number of nitrogens with zero attached hydrogens (tertiary/aromatic N) is 3. The monoisotopic (exact) mass is 378 g/mol. The van der Waals surface area contributed by atoms with E-state index in [2.05, 4.69) is 52.7 Å². The van der Waals surface area contributed by atoms with E-state index >= 15 is 0 Å². The van der Waals surface area contributed by atoms with E-state index in [9.17, 15) is 10.1 Å². The highest BCUT2D eigenvalue weighted by Gasteiger charge is 2.49. The van der Waals surface area contributed by atoms with Crippen LogP contribution in [0.1, 0.15) is 46.5 Å². The molecule has 0 aromatic carbocycles. The van der Waals surface area contributed by atoms with Gasteiger partial charge in [0.05, 0.1) is 12.1 Å². The Morgan fingerprint density at radius 3 is 2.81 bits per heavy atom. The van der Waals surface area contributed by atoms with Crippen molar-refractivity contribution in [3.63, 3.8) is 0 Å². The first-order valence-corrected chi connectivity index (χ1v) is 10.2. The summed E-state index contributed by atoms with van der Waals surface area (Å²) in [5.41, 5.74) is -0.952. The van der Waals surface area contributed by atoms with Gasteiger partial charge in [0.2, 0.25) is 5.91 Å². The van der Waals surface area contributed by atoms with E-state index in [1.165, 1.54) is 0 Å². The maximum absolute atomic E-state index is 12.7. The summed E-state index contributed by atoms with van der Waals surface area (Å²) in [6, 6.07) is 0.431. The van der Waals surface area contributed by atoms with Crippen molar-refractivity contribution in [3.8, 4) is 6.19 Å². The lowest BCUT2D eigenvalue weighted by molar-refractivity contribution is -0.126. The van der Waals surface area contributed by atoms with Gasteiger partial charge in [-0.05, 0) is 59.2 Å². The van der Waals surface area contributed by atoms with Crippen LogP contribution in [-0.2, 0) is 9.53 Å². The Bertz CT molecular complexity index is 579. The topological polar surface area (TPSA) is 92.7 Å². The number of hydrogen-bond acceptors (Lipinski definition) is 7. The third-order valence-electron chi connectivity index (χ3n) is 6.31. The fraction of sp³-hybridized carbons (Fsp3) is 0.895. The summed E-state index contributed by atoms with van der Waals surface area (Å²) in [5.74, 6) is 0.0281. The lowest BCUT2D eigenvalue weighted by Gasteiger charge is -2.44. The van der Waals surface area contributed by atoms with E-state index in [0.717, 1.165) is 58.4 Å². The molecule has 1 amide bonds. The zero-order chi connectivity index (χ0) is 19.5. The average molecular weight is 379 g/mol. The Labute approximate surface area is 162 Å². The molecule has 3 fully saturated rings. The van der Waals surface area contributed by atoms with Crippen molar-refractivity contribution in [2.24, 2.45) is 0 Å². The summed E-state index contributed by atoms with van der Waals surface area (Å²) in [7, 11) is 0. The average Bonchev–Trinajstić information content (AvgIpc) is 2.95. The number of piperidine rings is 2. The van der Waals surface area contributed by atoms with E-state index < -0.39 is 17.4 Å². The van der Waals surface area contributed by atoms with Crippen LogP contribution in [0.4, 0.5) is 0 Å². The van der Waals surface area contributed by atoms with Crippen LogP contribution in [0.3, 0.4) is 0 Å². The van der Waals surface area contributed by atoms with Gasteiger partial charge < -0.3 is 20.3 Å². The van der Waals surface area contributed by atoms with Crippen LogP contribution in [0, 0.1) is 11.5 Å². The molecule has 3 aliphatic heterocycles. The molecule has 3 heterocycles. The summed E-state index contributed by atoms with van der Waals surface area (Å²) < 4.78 is 6.09. The lowest BCUT2D eigenvalue weighted by Crippen LogP contribution is -2.61. The third-order valence-corrected chi connectivity index (χ3v) is 6.31. The summed E-state index contributed by atoms with van der Waals surface area (Å²) >= 11 is 0. The molecule has 8 nitrogen and oxygen atoms in total. The molecule has 0 saturated carbocycles. The van der Waals surface area contributed by atoms with Crippen molar-refractivity contribution in [1.29, 1.82) is 5.26 Å². The Kier molecular flexibility index (Phi) is 6.26. The second-order valence-corrected chi connectivity index (χ2v) is 8.55. The van der Waals surface area contributed by atoms with Gasteiger partial charge in [-0.25, -0.2) is 0 Å². The van der Waals surface area contributed by atoms with E-state index in [4.69, 9.17) is 4.74 Å². The van der Waals surface area contributed by atoms with Gasteiger partial charge in [-0.2, -0.15) is 5.26 Å². The number of nitrogens with one attached hydrogen (secondary N) is 3. The van der Waals surface area contributed by atoms with Gasteiger partial charge in [-0.1, -0.05) is 6.92 Å². The molecule has 3 rings (SSSR count). The Morgan fingerprint density at radius 2 is 2.11 bits per heavy atom. The van der Waals surface area contributed by atoms with Crippen LogP contribution >= 0.6 is 0 Å². The molecule has 3 aliphatic rings. The fourth-order valence-corrected chi connectivity index (χ4v) is 4.64. The fourth-order valence-electron chi connectivity index (χ4n) is 4.64. The van der Waals surface area contributed by atoms with E-state index in [0.29, 0.717) is 12.6 Å². The minimum atomic E-state index is -0.550. The SMILES string of the molecule is CCN1CCCC2(C1)NC(OCC1(NC#N)CCCN(C(C)C)C1)NC2=O. The summed E-state index contributed by atoms with van der Waals surface area (Å²) in [6.45, 7) is 11.4. The van der Waals surface area contributed by atoms with E-state index in [-0.39, 0.29) is 5.91 Å². The quantitative estimate of drug-likeness (QED) is 0.448. The molecule has 3 unspecified atom stereocenters. The minimum Gasteiger partial charge on any atom is -0.343 e. The second-order valence-electron chi connectivity index (χ2n) is 8.55. The molecule has 0 aromatic heterocycles. The van der Waals surface area contributed by atoms with Gasteiger partial charge in [0.1, 0.15) is 5.54 Å². The normalized spacial score (nSPS) is 35.4. The highest BCUT2D eigenvalue weighted by Crippen LogP contribution is 2.27. The molecule has 0 aliphatic carbocycles. The molecule has 152 valence electrons. The predicted octanol–water partition coefficient (Wildman–Crippen LogP) is 0.174. The van der Waals surface area contributed by atoms with Crippen molar-refractivity contribution in [2.75, 3.05) is 39.3 Å². The van der Waals surface area contributed by atoms with Crippen LogP contribution in [0.2, 0.25) is 0 Å². The van der Waals surface area contributed by atoms with Gasteiger partial charge >= 0.3 is 0 Å². The standard InChI is InChI=1S/C19H34N6O2/c1-4-24-9-6-8-19(12-24)16(26)22-17(23-19)27-13-18(21-14-20)7-5-10-25(11-18)15(2)3/h15,17,21,23H,4-13H2,1-3H3,(H,22,26). The summed E-state index contributed by atoms with van der Waals surface area (Å²) in [5, 5.41) is 18.6. The van der Waals surface area contributed by atoms with Crippen LogP contribution in [-0.4, -0.2) is 78.5 Å². The summed E-state index contributed by atoms with van der Waals surface area (Å²) in [4.78, 5) is 17.3.